The van der Waals surface area contributed by atoms with E-state index in [-0.39, 0.29) is 33.5 Å². The molecule has 0 aliphatic heterocycles. The Hall–Kier alpha value is -5.66. The Labute approximate surface area is 264 Å². The molecule has 9 aromatic rings. The van der Waals surface area contributed by atoms with Crippen molar-refractivity contribution in [2.75, 3.05) is 0 Å². The molecule has 43 heavy (non-hydrogen) atoms. The van der Waals surface area contributed by atoms with Gasteiger partial charge in [0.05, 0.1) is 15.1 Å². The van der Waals surface area contributed by atoms with Gasteiger partial charge in [0.2, 0.25) is 0 Å². The van der Waals surface area contributed by atoms with Gasteiger partial charge >= 0.3 is 0 Å². The highest BCUT2D eigenvalue weighted by Crippen LogP contribution is 2.47. The summed E-state index contributed by atoms with van der Waals surface area (Å²) < 4.78 is 104. The van der Waals surface area contributed by atoms with E-state index < -0.39 is 60.4 Å². The van der Waals surface area contributed by atoms with E-state index in [1.807, 2.05) is 91.0 Å². The van der Waals surface area contributed by atoms with E-state index in [0.717, 1.165) is 38.3 Å². The summed E-state index contributed by atoms with van der Waals surface area (Å²) in [6, 6.07) is 22.6. The molecule has 0 atom stereocenters. The molecule has 0 N–H and O–H groups in total. The van der Waals surface area contributed by atoms with Gasteiger partial charge in [-0.2, -0.15) is 0 Å². The summed E-state index contributed by atoms with van der Waals surface area (Å²) >= 11 is 0. The molecule has 0 saturated heterocycles. The van der Waals surface area contributed by atoms with Crippen molar-refractivity contribution in [3.8, 4) is 33.4 Å². The van der Waals surface area contributed by atoms with Gasteiger partial charge in [-0.25, -0.2) is 0 Å². The maximum absolute atomic E-state index is 9.84. The van der Waals surface area contributed by atoms with Crippen LogP contribution in [-0.2, 0) is 0 Å². The Kier molecular flexibility index (Phi) is 3.41. The Morgan fingerprint density at radius 2 is 1.02 bits per heavy atom. The summed E-state index contributed by atoms with van der Waals surface area (Å²) in [6.45, 7) is 0. The number of hydrogen-bond donors (Lipinski definition) is 0. The second-order valence-electron chi connectivity index (χ2n) is 10.4. The van der Waals surface area contributed by atoms with E-state index >= 15 is 0 Å². The molecular weight excluding hydrogens is 520 g/mol. The van der Waals surface area contributed by atoms with Crippen LogP contribution in [0.4, 0.5) is 0 Å². The normalized spacial score (nSPS) is 15.3. The van der Waals surface area contributed by atoms with Crippen LogP contribution in [0.15, 0.2) is 162 Å². The average Bonchev–Trinajstić information content (AvgIpc) is 3.57. The van der Waals surface area contributed by atoms with Gasteiger partial charge in [0, 0.05) is 21.9 Å². The molecule has 0 aliphatic carbocycles. The second-order valence-corrected chi connectivity index (χ2v) is 10.4. The molecule has 8 aromatic carbocycles. The first kappa shape index (κ1) is 15.5. The maximum atomic E-state index is 9.84. The molecule has 200 valence electrons. The number of hydrogen-bond acceptors (Lipinski definition) is 1. The highest BCUT2D eigenvalue weighted by molar-refractivity contribution is 6.24. The molecule has 0 bridgehead atoms. The third kappa shape index (κ3) is 3.65. The highest BCUT2D eigenvalue weighted by Gasteiger charge is 2.20. The molecule has 0 saturated carbocycles. The Balaban J connectivity index is 1.51. The van der Waals surface area contributed by atoms with E-state index in [4.69, 9.17) is 16.8 Å². The number of para-hydroxylation sites is 2. The summed E-state index contributed by atoms with van der Waals surface area (Å²) in [6.07, 6.45) is 0. The molecule has 1 heteroatoms. The van der Waals surface area contributed by atoms with Crippen LogP contribution < -0.4 is 0 Å². The third-order valence-corrected chi connectivity index (χ3v) is 8.04. The summed E-state index contributed by atoms with van der Waals surface area (Å²) in [5, 5.41) is 4.21. The SMILES string of the molecule is [2H]c1c([2H])c([2H])c(-c2c([2H])c(-c3c4ccccc4c(-c4cccc5c4oc4ccccc45)c4ccccc34)c([2H])c3c([2H])c([2H])c([2H])c([2H])c23)c([2H])c1[2H]. The maximum Gasteiger partial charge on any atom is 0.143 e. The molecular formula is C42H26O. The Morgan fingerprint density at radius 3 is 1.77 bits per heavy atom. The van der Waals surface area contributed by atoms with Crippen LogP contribution in [0.5, 0.6) is 0 Å². The van der Waals surface area contributed by atoms with Crippen LogP contribution in [0, 0.1) is 0 Å². The molecule has 1 heterocycles. The average molecular weight is 558 g/mol. The van der Waals surface area contributed by atoms with Gasteiger partial charge in [-0.05, 0) is 72.7 Å². The van der Waals surface area contributed by atoms with E-state index in [1.54, 1.807) is 0 Å². The number of benzene rings is 8. The van der Waals surface area contributed by atoms with Crippen molar-refractivity contribution in [3.63, 3.8) is 0 Å². The van der Waals surface area contributed by atoms with Crippen LogP contribution in [0.1, 0.15) is 15.1 Å². The minimum absolute atomic E-state index is 0.00441. The first-order chi connectivity index (χ1) is 25.9. The van der Waals surface area contributed by atoms with Crippen LogP contribution in [0.2, 0.25) is 0 Å². The fourth-order valence-electron chi connectivity index (χ4n) is 6.26. The van der Waals surface area contributed by atoms with Crippen molar-refractivity contribution >= 4 is 54.3 Å². The highest BCUT2D eigenvalue weighted by atomic mass is 16.3. The molecule has 0 unspecified atom stereocenters. The predicted octanol–water partition coefficient (Wildman–Crippen LogP) is 12.0. The zero-order valence-electron chi connectivity index (χ0n) is 33.6. The van der Waals surface area contributed by atoms with Crippen molar-refractivity contribution in [3.05, 3.63) is 157 Å². The molecule has 0 radical (unpaired) electrons. The minimum atomic E-state index is -0.657. The molecule has 0 aliphatic rings. The van der Waals surface area contributed by atoms with Gasteiger partial charge < -0.3 is 4.42 Å². The summed E-state index contributed by atoms with van der Waals surface area (Å²) in [5.41, 5.74) is 2.87. The third-order valence-electron chi connectivity index (χ3n) is 8.04. The lowest BCUT2D eigenvalue weighted by Gasteiger charge is -2.19. The lowest BCUT2D eigenvalue weighted by atomic mass is 9.84. The number of furan rings is 1. The largest absolute Gasteiger partial charge is 0.455 e. The number of fused-ring (bicyclic) bond motifs is 6. The molecule has 1 aromatic heterocycles. The fraction of sp³-hybridized carbons (Fsp3) is 0. The quantitative estimate of drug-likeness (QED) is 0.197. The van der Waals surface area contributed by atoms with Gasteiger partial charge in [0.25, 0.3) is 0 Å². The Bertz CT molecular complexity index is 3040. The summed E-state index contributed by atoms with van der Waals surface area (Å²) in [5.74, 6) is 0. The van der Waals surface area contributed by atoms with Crippen molar-refractivity contribution in [2.24, 2.45) is 0 Å². The molecule has 0 amide bonds. The Morgan fingerprint density at radius 1 is 0.419 bits per heavy atom. The van der Waals surface area contributed by atoms with Gasteiger partial charge in [-0.1, -0.05) is 139 Å². The van der Waals surface area contributed by atoms with Crippen LogP contribution in [0.25, 0.3) is 87.6 Å². The fourth-order valence-corrected chi connectivity index (χ4v) is 6.26. The van der Waals surface area contributed by atoms with Crippen LogP contribution in [0.3, 0.4) is 0 Å². The predicted molar refractivity (Wildman–Crippen MR) is 183 cm³/mol. The minimum Gasteiger partial charge on any atom is -0.455 e. The summed E-state index contributed by atoms with van der Waals surface area (Å²) in [4.78, 5) is 0. The molecule has 0 fully saturated rings. The lowest BCUT2D eigenvalue weighted by Crippen LogP contribution is -1.92. The zero-order valence-corrected chi connectivity index (χ0v) is 22.6. The van der Waals surface area contributed by atoms with Crippen LogP contribution >= 0.6 is 0 Å². The first-order valence-corrected chi connectivity index (χ1v) is 13.9. The van der Waals surface area contributed by atoms with Gasteiger partial charge in [0.1, 0.15) is 11.2 Å². The molecule has 0 spiro atoms. The van der Waals surface area contributed by atoms with Crippen molar-refractivity contribution in [2.45, 2.75) is 0 Å². The van der Waals surface area contributed by atoms with Crippen molar-refractivity contribution in [1.82, 2.24) is 0 Å². The monoisotopic (exact) mass is 557 g/mol. The van der Waals surface area contributed by atoms with Gasteiger partial charge in [0.15, 0.2) is 0 Å². The zero-order chi connectivity index (χ0) is 37.9. The van der Waals surface area contributed by atoms with Crippen LogP contribution in [-0.4, -0.2) is 0 Å². The second kappa shape index (κ2) is 9.44. The van der Waals surface area contributed by atoms with Crippen molar-refractivity contribution < 1.29 is 19.5 Å². The molecule has 1 nitrogen and oxygen atoms in total. The van der Waals surface area contributed by atoms with Gasteiger partial charge in [-0.15, -0.1) is 0 Å². The topological polar surface area (TPSA) is 13.1 Å². The van der Waals surface area contributed by atoms with E-state index in [2.05, 4.69) is 0 Å². The summed E-state index contributed by atoms with van der Waals surface area (Å²) in [7, 11) is 0. The first-order valence-electron chi connectivity index (χ1n) is 19.4. The molecule has 9 rings (SSSR count). The standard InChI is InChI=1S/C42H26O/c1-2-13-27(14-3-1)38-26-29(25-28-15-4-5-16-30(28)38)40-32-18-6-8-20-34(32)41(35-21-9-7-19-33(35)40)37-23-12-22-36-31-17-10-11-24-39(31)43-42(36)37/h1-26H/i1D,2D,3D,4D,5D,13D,14D,15D,16D,25D,26D. The van der Waals surface area contributed by atoms with Gasteiger partial charge in [-0.3, -0.25) is 0 Å². The van der Waals surface area contributed by atoms with E-state index in [0.29, 0.717) is 21.9 Å². The lowest BCUT2D eigenvalue weighted by molar-refractivity contribution is 0.670. The van der Waals surface area contributed by atoms with E-state index in [1.165, 1.54) is 0 Å². The van der Waals surface area contributed by atoms with E-state index in [9.17, 15) is 2.74 Å². The smallest absolute Gasteiger partial charge is 0.143 e. The van der Waals surface area contributed by atoms with Crippen molar-refractivity contribution in [1.29, 1.82) is 0 Å². The number of rotatable bonds is 3.